The highest BCUT2D eigenvalue weighted by atomic mass is 35.5. The maximum atomic E-state index is 13.2. The molecule has 4 rings (SSSR count). The molecule has 0 radical (unpaired) electrons. The van der Waals surface area contributed by atoms with Crippen LogP contribution in [0.2, 0.25) is 10.0 Å². The number of allylic oxidation sites excluding steroid dienone is 4. The van der Waals surface area contributed by atoms with Crippen LogP contribution >= 0.6 is 23.2 Å². The fraction of sp³-hybridized carbons (Fsp3) is 0.478. The molecule has 1 heterocycles. The van der Waals surface area contributed by atoms with Crippen molar-refractivity contribution >= 4 is 34.8 Å². The Morgan fingerprint density at radius 3 is 1.86 bits per heavy atom. The summed E-state index contributed by atoms with van der Waals surface area (Å²) in [6, 6.07) is 5.39. The summed E-state index contributed by atoms with van der Waals surface area (Å²) < 4.78 is 6.27. The maximum absolute atomic E-state index is 13.2. The molecule has 0 aromatic heterocycles. The molecule has 0 N–H and O–H groups in total. The minimum atomic E-state index is -0.503. The predicted molar refractivity (Wildman–Crippen MR) is 110 cm³/mol. The zero-order valence-electron chi connectivity index (χ0n) is 16.6. The van der Waals surface area contributed by atoms with Gasteiger partial charge in [0.25, 0.3) is 0 Å². The molecule has 0 spiro atoms. The van der Waals surface area contributed by atoms with Crippen molar-refractivity contribution in [3.63, 3.8) is 0 Å². The first-order chi connectivity index (χ1) is 13.0. The van der Waals surface area contributed by atoms with Crippen LogP contribution in [-0.2, 0) is 14.3 Å². The highest BCUT2D eigenvalue weighted by Gasteiger charge is 2.48. The molecule has 0 fully saturated rings. The molecule has 2 aliphatic carbocycles. The molecule has 1 aromatic carbocycles. The number of ether oxygens (including phenoxy) is 1. The summed E-state index contributed by atoms with van der Waals surface area (Å²) in [4.78, 5) is 26.4. The lowest BCUT2D eigenvalue weighted by atomic mass is 9.65. The number of carbonyl (C=O) groups is 2. The van der Waals surface area contributed by atoms with E-state index in [1.54, 1.807) is 6.07 Å². The summed E-state index contributed by atoms with van der Waals surface area (Å²) in [5.41, 5.74) is 1.51. The molecule has 0 saturated carbocycles. The van der Waals surface area contributed by atoms with E-state index in [1.807, 2.05) is 12.1 Å². The number of Topliss-reactive ketones (excluding diaryl/α,β-unsaturated/α-hetero) is 2. The number of halogens is 2. The average molecular weight is 419 g/mol. The lowest BCUT2D eigenvalue weighted by Crippen LogP contribution is -2.37. The van der Waals surface area contributed by atoms with Gasteiger partial charge in [-0.3, -0.25) is 9.59 Å². The van der Waals surface area contributed by atoms with Gasteiger partial charge in [0, 0.05) is 42.7 Å². The summed E-state index contributed by atoms with van der Waals surface area (Å²) in [5, 5.41) is 0.812. The minimum absolute atomic E-state index is 0.0245. The molecule has 28 heavy (non-hydrogen) atoms. The quantitative estimate of drug-likeness (QED) is 0.530. The number of carbonyl (C=O) groups excluding carboxylic acids is 2. The fourth-order valence-corrected chi connectivity index (χ4v) is 5.15. The second-order valence-corrected chi connectivity index (χ2v) is 10.5. The van der Waals surface area contributed by atoms with Gasteiger partial charge in [-0.25, -0.2) is 0 Å². The Bertz CT molecular complexity index is 914. The maximum Gasteiger partial charge on any atom is 0.163 e. The van der Waals surface area contributed by atoms with Crippen molar-refractivity contribution in [2.75, 3.05) is 0 Å². The molecule has 0 saturated heterocycles. The van der Waals surface area contributed by atoms with Gasteiger partial charge in [0.15, 0.2) is 11.6 Å². The Balaban J connectivity index is 1.96. The van der Waals surface area contributed by atoms with Gasteiger partial charge in [0.2, 0.25) is 0 Å². The van der Waals surface area contributed by atoms with Gasteiger partial charge in [-0.15, -0.1) is 0 Å². The fourth-order valence-electron chi connectivity index (χ4n) is 4.73. The van der Waals surface area contributed by atoms with Crippen LogP contribution in [0.15, 0.2) is 40.9 Å². The van der Waals surface area contributed by atoms with Crippen LogP contribution in [0.5, 0.6) is 0 Å². The van der Waals surface area contributed by atoms with Crippen LogP contribution in [0.3, 0.4) is 0 Å². The zero-order valence-corrected chi connectivity index (χ0v) is 18.1. The standard InChI is InChI=1S/C23H24Cl2O3/c1-22(2)8-14(26)19-16(10-22)28-17-11-23(3,4)9-15(27)20(17)18(19)12-6-5-7-13(24)21(12)25/h5-7,18H,8-11H2,1-4H3. The smallest absolute Gasteiger partial charge is 0.163 e. The van der Waals surface area contributed by atoms with Crippen LogP contribution in [-0.4, -0.2) is 11.6 Å². The molecule has 0 atom stereocenters. The van der Waals surface area contributed by atoms with E-state index >= 15 is 0 Å². The van der Waals surface area contributed by atoms with Crippen molar-refractivity contribution < 1.29 is 14.3 Å². The Morgan fingerprint density at radius 1 is 0.857 bits per heavy atom. The van der Waals surface area contributed by atoms with Gasteiger partial charge in [0.1, 0.15) is 11.5 Å². The van der Waals surface area contributed by atoms with Gasteiger partial charge in [-0.2, -0.15) is 0 Å². The molecule has 148 valence electrons. The molecule has 0 bridgehead atoms. The van der Waals surface area contributed by atoms with Crippen molar-refractivity contribution in [3.05, 3.63) is 56.5 Å². The third-order valence-electron chi connectivity index (χ3n) is 5.87. The highest BCUT2D eigenvalue weighted by molar-refractivity contribution is 6.42. The summed E-state index contributed by atoms with van der Waals surface area (Å²) >= 11 is 12.8. The predicted octanol–water partition coefficient (Wildman–Crippen LogP) is 6.39. The molecule has 5 heteroatoms. The average Bonchev–Trinajstić information content (AvgIpc) is 2.53. The first kappa shape index (κ1) is 19.7. The van der Waals surface area contributed by atoms with E-state index in [9.17, 15) is 9.59 Å². The summed E-state index contributed by atoms with van der Waals surface area (Å²) in [6.45, 7) is 8.27. The van der Waals surface area contributed by atoms with Crippen molar-refractivity contribution in [3.8, 4) is 0 Å². The van der Waals surface area contributed by atoms with E-state index in [-0.39, 0.29) is 22.4 Å². The number of hydrogen-bond donors (Lipinski definition) is 0. The van der Waals surface area contributed by atoms with E-state index < -0.39 is 5.92 Å². The van der Waals surface area contributed by atoms with E-state index in [2.05, 4.69) is 27.7 Å². The molecule has 0 unspecified atom stereocenters. The highest BCUT2D eigenvalue weighted by Crippen LogP contribution is 2.54. The largest absolute Gasteiger partial charge is 0.465 e. The lowest BCUT2D eigenvalue weighted by molar-refractivity contribution is -0.120. The topological polar surface area (TPSA) is 43.4 Å². The molecular weight excluding hydrogens is 395 g/mol. The number of rotatable bonds is 1. The van der Waals surface area contributed by atoms with E-state index in [1.165, 1.54) is 0 Å². The first-order valence-corrected chi connectivity index (χ1v) is 10.4. The second kappa shape index (κ2) is 6.47. The van der Waals surface area contributed by atoms with Crippen molar-refractivity contribution in [1.82, 2.24) is 0 Å². The molecule has 3 aliphatic rings. The third-order valence-corrected chi connectivity index (χ3v) is 6.71. The van der Waals surface area contributed by atoms with Gasteiger partial charge in [-0.05, 0) is 22.5 Å². The van der Waals surface area contributed by atoms with E-state index in [0.29, 0.717) is 64.0 Å². The minimum Gasteiger partial charge on any atom is -0.465 e. The lowest BCUT2D eigenvalue weighted by Gasteiger charge is -2.42. The Labute approximate surface area is 175 Å². The molecule has 3 nitrogen and oxygen atoms in total. The van der Waals surface area contributed by atoms with E-state index in [4.69, 9.17) is 27.9 Å². The van der Waals surface area contributed by atoms with Crippen LogP contribution in [0.25, 0.3) is 0 Å². The molecule has 0 amide bonds. The van der Waals surface area contributed by atoms with Gasteiger partial charge in [0.05, 0.1) is 10.0 Å². The van der Waals surface area contributed by atoms with Crippen molar-refractivity contribution in [2.45, 2.75) is 59.3 Å². The third kappa shape index (κ3) is 3.23. The van der Waals surface area contributed by atoms with Crippen LogP contribution in [0.4, 0.5) is 0 Å². The Kier molecular flexibility index (Phi) is 4.55. The first-order valence-electron chi connectivity index (χ1n) is 9.63. The number of benzene rings is 1. The summed E-state index contributed by atoms with van der Waals surface area (Å²) in [6.07, 6.45) is 2.17. The SMILES string of the molecule is CC1(C)CC(=O)C2=C(C1)OC1=C(C(=O)CC(C)(C)C1)C2c1cccc(Cl)c1Cl. The summed E-state index contributed by atoms with van der Waals surface area (Å²) in [7, 11) is 0. The van der Waals surface area contributed by atoms with Gasteiger partial charge in [-0.1, -0.05) is 63.0 Å². The monoisotopic (exact) mass is 418 g/mol. The molecule has 1 aromatic rings. The van der Waals surface area contributed by atoms with Crippen LogP contribution in [0, 0.1) is 10.8 Å². The van der Waals surface area contributed by atoms with E-state index in [0.717, 1.165) is 0 Å². The van der Waals surface area contributed by atoms with Crippen molar-refractivity contribution in [1.29, 1.82) is 0 Å². The summed E-state index contributed by atoms with van der Waals surface area (Å²) in [5.74, 6) is 0.920. The van der Waals surface area contributed by atoms with Crippen molar-refractivity contribution in [2.24, 2.45) is 10.8 Å². The Morgan fingerprint density at radius 2 is 1.36 bits per heavy atom. The van der Waals surface area contributed by atoms with Crippen LogP contribution < -0.4 is 0 Å². The van der Waals surface area contributed by atoms with Gasteiger partial charge >= 0.3 is 0 Å². The Hall–Kier alpha value is -1.58. The van der Waals surface area contributed by atoms with Gasteiger partial charge < -0.3 is 4.74 Å². The normalized spacial score (nSPS) is 24.1. The molecular formula is C23H24Cl2O3. The molecule has 1 aliphatic heterocycles. The second-order valence-electron chi connectivity index (χ2n) is 9.73. The number of ketones is 2. The zero-order chi connectivity index (χ0) is 20.4. The van der Waals surface area contributed by atoms with Crippen LogP contribution in [0.1, 0.15) is 64.9 Å². The number of hydrogen-bond acceptors (Lipinski definition) is 3.